The second-order valence-electron chi connectivity index (χ2n) is 5.19. The Morgan fingerprint density at radius 3 is 1.95 bits per heavy atom. The third-order valence-corrected chi connectivity index (χ3v) is 3.68. The molecule has 0 saturated heterocycles. The number of benzene rings is 1. The standard InChI is InChI=1S/C14H18IN5O/c1-8-6-9(11(21)10(15)7-8)12-16-13(19(2)3)18-14(17-12)20(4)5/h6-7,21H,1-5H3. The van der Waals surface area contributed by atoms with E-state index < -0.39 is 0 Å². The number of rotatable bonds is 3. The predicted octanol–water partition coefficient (Wildman–Crippen LogP) is 2.29. The Bertz CT molecular complexity index is 646. The minimum Gasteiger partial charge on any atom is -0.506 e. The molecule has 0 unspecified atom stereocenters. The van der Waals surface area contributed by atoms with Crippen LogP contribution < -0.4 is 9.80 Å². The maximum atomic E-state index is 10.3. The maximum Gasteiger partial charge on any atom is 0.230 e. The highest BCUT2D eigenvalue weighted by molar-refractivity contribution is 14.1. The van der Waals surface area contributed by atoms with Crippen LogP contribution in [0.2, 0.25) is 0 Å². The first-order valence-corrected chi connectivity index (χ1v) is 7.47. The van der Waals surface area contributed by atoms with E-state index in [4.69, 9.17) is 0 Å². The van der Waals surface area contributed by atoms with Crippen LogP contribution in [0.3, 0.4) is 0 Å². The van der Waals surface area contributed by atoms with Gasteiger partial charge in [-0.1, -0.05) is 0 Å². The number of hydrogen-bond donors (Lipinski definition) is 1. The fourth-order valence-corrected chi connectivity index (χ4v) is 2.56. The van der Waals surface area contributed by atoms with Gasteiger partial charge in [0.25, 0.3) is 0 Å². The van der Waals surface area contributed by atoms with Crippen LogP contribution in [-0.4, -0.2) is 48.2 Å². The molecule has 7 heteroatoms. The molecule has 1 aromatic carbocycles. The van der Waals surface area contributed by atoms with Crippen LogP contribution in [0.15, 0.2) is 12.1 Å². The number of nitrogens with zero attached hydrogens (tertiary/aromatic N) is 5. The summed E-state index contributed by atoms with van der Waals surface area (Å²) in [5, 5.41) is 10.3. The molecule has 0 aliphatic heterocycles. The van der Waals surface area contributed by atoms with Crippen molar-refractivity contribution in [1.29, 1.82) is 0 Å². The van der Waals surface area contributed by atoms with E-state index in [1.165, 1.54) is 0 Å². The number of aryl methyl sites for hydroxylation is 1. The smallest absolute Gasteiger partial charge is 0.230 e. The van der Waals surface area contributed by atoms with Crippen LogP contribution in [0, 0.1) is 10.5 Å². The molecule has 0 aliphatic carbocycles. The second kappa shape index (κ2) is 6.00. The van der Waals surface area contributed by atoms with Crippen LogP contribution in [0.4, 0.5) is 11.9 Å². The fraction of sp³-hybridized carbons (Fsp3) is 0.357. The zero-order valence-electron chi connectivity index (χ0n) is 12.7. The molecular weight excluding hydrogens is 381 g/mol. The number of phenols is 1. The van der Waals surface area contributed by atoms with E-state index >= 15 is 0 Å². The van der Waals surface area contributed by atoms with Gasteiger partial charge < -0.3 is 14.9 Å². The Labute approximate surface area is 138 Å². The lowest BCUT2D eigenvalue weighted by Crippen LogP contribution is -2.19. The summed E-state index contributed by atoms with van der Waals surface area (Å²) in [6, 6.07) is 3.80. The zero-order valence-corrected chi connectivity index (χ0v) is 14.9. The van der Waals surface area contributed by atoms with Crippen LogP contribution in [0.25, 0.3) is 11.4 Å². The lowest BCUT2D eigenvalue weighted by Gasteiger charge is -2.17. The van der Waals surface area contributed by atoms with Gasteiger partial charge in [0.05, 0.1) is 9.13 Å². The SMILES string of the molecule is Cc1cc(I)c(O)c(-c2nc(N(C)C)nc(N(C)C)n2)c1. The van der Waals surface area contributed by atoms with Gasteiger partial charge in [0.15, 0.2) is 5.82 Å². The normalized spacial score (nSPS) is 10.6. The Hall–Kier alpha value is -1.64. The van der Waals surface area contributed by atoms with E-state index in [0.29, 0.717) is 23.3 Å². The summed E-state index contributed by atoms with van der Waals surface area (Å²) in [5.41, 5.74) is 1.67. The first-order chi connectivity index (χ1) is 9.79. The Morgan fingerprint density at radius 2 is 1.48 bits per heavy atom. The molecule has 0 saturated carbocycles. The largest absolute Gasteiger partial charge is 0.506 e. The predicted molar refractivity (Wildman–Crippen MR) is 93.0 cm³/mol. The van der Waals surface area contributed by atoms with Crippen LogP contribution in [0.1, 0.15) is 5.56 Å². The number of halogens is 1. The molecule has 1 N–H and O–H groups in total. The van der Waals surface area contributed by atoms with E-state index in [1.54, 1.807) is 0 Å². The molecule has 21 heavy (non-hydrogen) atoms. The molecule has 0 amide bonds. The maximum absolute atomic E-state index is 10.3. The summed E-state index contributed by atoms with van der Waals surface area (Å²) in [5.74, 6) is 1.78. The van der Waals surface area contributed by atoms with Crippen LogP contribution in [0.5, 0.6) is 5.75 Å². The number of aromatic nitrogens is 3. The Balaban J connectivity index is 2.68. The molecule has 2 rings (SSSR count). The van der Waals surface area contributed by atoms with Crippen molar-refractivity contribution in [1.82, 2.24) is 15.0 Å². The van der Waals surface area contributed by atoms with Crippen molar-refractivity contribution in [3.8, 4) is 17.1 Å². The summed E-state index contributed by atoms with van der Waals surface area (Å²) < 4.78 is 0.779. The van der Waals surface area contributed by atoms with Crippen molar-refractivity contribution in [3.05, 3.63) is 21.3 Å². The summed E-state index contributed by atoms with van der Waals surface area (Å²) in [6.07, 6.45) is 0. The molecule has 0 atom stereocenters. The van der Waals surface area contributed by atoms with E-state index in [1.807, 2.05) is 57.0 Å². The van der Waals surface area contributed by atoms with Crippen molar-refractivity contribution < 1.29 is 5.11 Å². The minimum absolute atomic E-state index is 0.196. The number of hydrogen-bond acceptors (Lipinski definition) is 6. The van der Waals surface area contributed by atoms with Gasteiger partial charge in [0.2, 0.25) is 11.9 Å². The molecular formula is C14H18IN5O. The Kier molecular flexibility index (Phi) is 4.50. The lowest BCUT2D eigenvalue weighted by atomic mass is 10.1. The summed E-state index contributed by atoms with van der Waals surface area (Å²) >= 11 is 2.10. The molecule has 1 heterocycles. The summed E-state index contributed by atoms with van der Waals surface area (Å²) in [4.78, 5) is 16.9. The molecule has 6 nitrogen and oxygen atoms in total. The van der Waals surface area contributed by atoms with E-state index in [9.17, 15) is 5.11 Å². The summed E-state index contributed by atoms with van der Waals surface area (Å²) in [6.45, 7) is 1.98. The summed E-state index contributed by atoms with van der Waals surface area (Å²) in [7, 11) is 7.49. The average Bonchev–Trinajstić information content (AvgIpc) is 2.42. The van der Waals surface area contributed by atoms with Crippen molar-refractivity contribution in [3.63, 3.8) is 0 Å². The lowest BCUT2D eigenvalue weighted by molar-refractivity contribution is 0.473. The van der Waals surface area contributed by atoms with Gasteiger partial charge in [-0.05, 0) is 47.2 Å². The molecule has 0 radical (unpaired) electrons. The minimum atomic E-state index is 0.196. The molecule has 1 aromatic heterocycles. The molecule has 0 aliphatic rings. The molecule has 0 fully saturated rings. The second-order valence-corrected chi connectivity index (χ2v) is 6.35. The third kappa shape index (κ3) is 3.34. The van der Waals surface area contributed by atoms with Crippen molar-refractivity contribution in [2.75, 3.05) is 38.0 Å². The van der Waals surface area contributed by atoms with Crippen molar-refractivity contribution in [2.45, 2.75) is 6.92 Å². The van der Waals surface area contributed by atoms with Gasteiger partial charge in [-0.3, -0.25) is 0 Å². The van der Waals surface area contributed by atoms with Gasteiger partial charge in [-0.2, -0.15) is 15.0 Å². The van der Waals surface area contributed by atoms with Crippen LogP contribution >= 0.6 is 22.6 Å². The molecule has 0 spiro atoms. The topological polar surface area (TPSA) is 65.4 Å². The quantitative estimate of drug-likeness (QED) is 0.800. The highest BCUT2D eigenvalue weighted by Crippen LogP contribution is 2.33. The zero-order chi connectivity index (χ0) is 15.7. The third-order valence-electron chi connectivity index (χ3n) is 2.86. The fourth-order valence-electron chi connectivity index (χ4n) is 1.78. The molecule has 0 bridgehead atoms. The van der Waals surface area contributed by atoms with E-state index in [2.05, 4.69) is 37.5 Å². The molecule has 112 valence electrons. The van der Waals surface area contributed by atoms with Crippen molar-refractivity contribution >= 4 is 34.5 Å². The van der Waals surface area contributed by atoms with Gasteiger partial charge >= 0.3 is 0 Å². The van der Waals surface area contributed by atoms with E-state index in [0.717, 1.165) is 9.13 Å². The highest BCUT2D eigenvalue weighted by atomic mass is 127. The first-order valence-electron chi connectivity index (χ1n) is 6.39. The average molecular weight is 399 g/mol. The molecule has 2 aromatic rings. The van der Waals surface area contributed by atoms with Crippen LogP contribution in [-0.2, 0) is 0 Å². The van der Waals surface area contributed by atoms with Gasteiger partial charge in [-0.15, -0.1) is 0 Å². The monoisotopic (exact) mass is 399 g/mol. The number of aromatic hydroxyl groups is 1. The van der Waals surface area contributed by atoms with E-state index in [-0.39, 0.29) is 5.75 Å². The number of anilines is 2. The van der Waals surface area contributed by atoms with Crippen molar-refractivity contribution in [2.24, 2.45) is 0 Å². The van der Waals surface area contributed by atoms with Gasteiger partial charge in [-0.25, -0.2) is 0 Å². The highest BCUT2D eigenvalue weighted by Gasteiger charge is 2.16. The Morgan fingerprint density at radius 1 is 0.952 bits per heavy atom. The first kappa shape index (κ1) is 15.7. The number of phenolic OH excluding ortho intramolecular Hbond substituents is 1. The van der Waals surface area contributed by atoms with Gasteiger partial charge in [0, 0.05) is 28.2 Å². The van der Waals surface area contributed by atoms with Gasteiger partial charge in [0.1, 0.15) is 5.75 Å².